The summed E-state index contributed by atoms with van der Waals surface area (Å²) in [4.78, 5) is 13.8. The van der Waals surface area contributed by atoms with E-state index in [1.807, 2.05) is 31.3 Å². The maximum atomic E-state index is 11.7. The molecule has 0 saturated heterocycles. The van der Waals surface area contributed by atoms with Gasteiger partial charge in [0.05, 0.1) is 0 Å². The molecule has 0 saturated carbocycles. The van der Waals surface area contributed by atoms with E-state index in [1.165, 1.54) is 5.56 Å². The van der Waals surface area contributed by atoms with Crippen LogP contribution >= 0.6 is 15.9 Å². The summed E-state index contributed by atoms with van der Waals surface area (Å²) >= 11 is 3.47. The van der Waals surface area contributed by atoms with Crippen molar-refractivity contribution in [3.63, 3.8) is 0 Å². The summed E-state index contributed by atoms with van der Waals surface area (Å²) in [6.07, 6.45) is 0.960. The summed E-state index contributed by atoms with van der Waals surface area (Å²) in [7, 11) is 2.02. The van der Waals surface area contributed by atoms with E-state index in [4.69, 9.17) is 0 Å². The smallest absolute Gasteiger partial charge is 0.161 e. The fourth-order valence-electron chi connectivity index (χ4n) is 2.18. The first-order valence-electron chi connectivity index (χ1n) is 6.63. The largest absolute Gasteiger partial charge is 0.374 e. The zero-order valence-electron chi connectivity index (χ0n) is 11.8. The second-order valence-corrected chi connectivity index (χ2v) is 5.79. The van der Waals surface area contributed by atoms with Crippen molar-refractivity contribution in [2.24, 2.45) is 0 Å². The Hall–Kier alpha value is -1.61. The Bertz CT molecular complexity index is 595. The average molecular weight is 332 g/mol. The molecule has 2 nitrogen and oxygen atoms in total. The van der Waals surface area contributed by atoms with Crippen LogP contribution in [0.1, 0.15) is 22.8 Å². The highest BCUT2D eigenvalue weighted by Gasteiger charge is 2.11. The maximum Gasteiger partial charge on any atom is 0.161 e. The molecule has 0 N–H and O–H groups in total. The minimum atomic E-state index is 0.0964. The highest BCUT2D eigenvalue weighted by molar-refractivity contribution is 9.10. The molecule has 0 atom stereocenters. The van der Waals surface area contributed by atoms with Crippen LogP contribution in [-0.2, 0) is 6.42 Å². The predicted octanol–water partition coefficient (Wildman–Crippen LogP) is 4.33. The lowest BCUT2D eigenvalue weighted by atomic mass is 10.1. The first kappa shape index (κ1) is 14.8. The van der Waals surface area contributed by atoms with Gasteiger partial charge in [-0.05, 0) is 37.1 Å². The van der Waals surface area contributed by atoms with Gasteiger partial charge < -0.3 is 4.90 Å². The van der Waals surface area contributed by atoms with Crippen molar-refractivity contribution in [2.45, 2.75) is 13.3 Å². The minimum absolute atomic E-state index is 0.0964. The molecule has 2 aromatic rings. The van der Waals surface area contributed by atoms with Crippen LogP contribution in [0.4, 0.5) is 5.69 Å². The number of carbonyl (C=O) groups excluding carboxylic acids is 1. The van der Waals surface area contributed by atoms with Crippen molar-refractivity contribution in [3.8, 4) is 0 Å². The molecule has 0 bridgehead atoms. The van der Waals surface area contributed by atoms with Crippen LogP contribution < -0.4 is 4.90 Å². The quantitative estimate of drug-likeness (QED) is 0.760. The van der Waals surface area contributed by atoms with Gasteiger partial charge in [0.15, 0.2) is 5.78 Å². The number of ketones is 1. The average Bonchev–Trinajstić information content (AvgIpc) is 2.45. The number of nitrogens with zero attached hydrogens (tertiary/aromatic N) is 1. The van der Waals surface area contributed by atoms with E-state index in [0.717, 1.165) is 28.7 Å². The zero-order chi connectivity index (χ0) is 14.5. The zero-order valence-corrected chi connectivity index (χ0v) is 13.4. The number of carbonyl (C=O) groups is 1. The predicted molar refractivity (Wildman–Crippen MR) is 87.6 cm³/mol. The highest BCUT2D eigenvalue weighted by atomic mass is 79.9. The number of halogens is 1. The molecule has 3 heteroatoms. The summed E-state index contributed by atoms with van der Waals surface area (Å²) in [5.41, 5.74) is 3.05. The second kappa shape index (κ2) is 6.71. The van der Waals surface area contributed by atoms with Gasteiger partial charge in [-0.3, -0.25) is 4.79 Å². The number of hydrogen-bond donors (Lipinski definition) is 0. The highest BCUT2D eigenvalue weighted by Crippen LogP contribution is 2.25. The Morgan fingerprint density at radius 2 is 1.85 bits per heavy atom. The van der Waals surface area contributed by atoms with Crippen LogP contribution in [0.3, 0.4) is 0 Å². The van der Waals surface area contributed by atoms with E-state index >= 15 is 0 Å². The van der Waals surface area contributed by atoms with Gasteiger partial charge in [0.25, 0.3) is 0 Å². The fraction of sp³-hybridized carbons (Fsp3) is 0.235. The summed E-state index contributed by atoms with van der Waals surface area (Å²) in [6, 6.07) is 16.2. The number of likely N-dealkylation sites (N-methyl/N-ethyl adjacent to an activating group) is 1. The minimum Gasteiger partial charge on any atom is -0.374 e. The molecular formula is C17H18BrNO. The van der Waals surface area contributed by atoms with Gasteiger partial charge in [0, 0.05) is 29.3 Å². The van der Waals surface area contributed by atoms with Gasteiger partial charge >= 0.3 is 0 Å². The molecule has 2 rings (SSSR count). The Morgan fingerprint density at radius 1 is 1.15 bits per heavy atom. The second-order valence-electron chi connectivity index (χ2n) is 4.87. The van der Waals surface area contributed by atoms with Crippen LogP contribution in [0.5, 0.6) is 0 Å². The Balaban J connectivity index is 2.14. The van der Waals surface area contributed by atoms with Crippen molar-refractivity contribution >= 4 is 27.4 Å². The van der Waals surface area contributed by atoms with E-state index in [0.29, 0.717) is 0 Å². The molecule has 20 heavy (non-hydrogen) atoms. The van der Waals surface area contributed by atoms with Crippen LogP contribution in [0.2, 0.25) is 0 Å². The molecule has 0 spiro atoms. The number of anilines is 1. The first-order chi connectivity index (χ1) is 9.58. The lowest BCUT2D eigenvalue weighted by Gasteiger charge is -2.22. The van der Waals surface area contributed by atoms with Crippen LogP contribution in [0.25, 0.3) is 0 Å². The van der Waals surface area contributed by atoms with Gasteiger partial charge in [-0.1, -0.05) is 46.3 Å². The molecule has 0 heterocycles. The van der Waals surface area contributed by atoms with Gasteiger partial charge in [0.1, 0.15) is 0 Å². The van der Waals surface area contributed by atoms with Gasteiger partial charge in [0.2, 0.25) is 0 Å². The van der Waals surface area contributed by atoms with E-state index in [-0.39, 0.29) is 5.78 Å². The monoisotopic (exact) mass is 331 g/mol. The van der Waals surface area contributed by atoms with E-state index in [9.17, 15) is 4.79 Å². The standard InChI is InChI=1S/C17H18BrNO/c1-13(20)16-9-8-15(18)12-17(16)19(2)11-10-14-6-4-3-5-7-14/h3-9,12H,10-11H2,1-2H3. The van der Waals surface area contributed by atoms with Crippen LogP contribution in [-0.4, -0.2) is 19.4 Å². The van der Waals surface area contributed by atoms with E-state index < -0.39 is 0 Å². The molecule has 2 aromatic carbocycles. The van der Waals surface area contributed by atoms with Crippen molar-refractivity contribution in [1.82, 2.24) is 0 Å². The molecule has 0 aromatic heterocycles. The lowest BCUT2D eigenvalue weighted by Crippen LogP contribution is -2.22. The van der Waals surface area contributed by atoms with Crippen molar-refractivity contribution in [3.05, 3.63) is 64.1 Å². The third kappa shape index (κ3) is 3.70. The molecule has 0 aliphatic carbocycles. The molecule has 0 aliphatic heterocycles. The first-order valence-corrected chi connectivity index (χ1v) is 7.43. The van der Waals surface area contributed by atoms with Gasteiger partial charge in [-0.25, -0.2) is 0 Å². The van der Waals surface area contributed by atoms with Crippen LogP contribution in [0, 0.1) is 0 Å². The SMILES string of the molecule is CC(=O)c1ccc(Br)cc1N(C)CCc1ccccc1. The normalized spacial score (nSPS) is 10.3. The third-order valence-electron chi connectivity index (χ3n) is 3.33. The van der Waals surface area contributed by atoms with Crippen LogP contribution in [0.15, 0.2) is 53.0 Å². The summed E-state index contributed by atoms with van der Waals surface area (Å²) in [5.74, 6) is 0.0964. The number of Topliss-reactive ketones (excluding diaryl/α,β-unsaturated/α-hetero) is 1. The van der Waals surface area contributed by atoms with E-state index in [1.54, 1.807) is 6.92 Å². The van der Waals surface area contributed by atoms with E-state index in [2.05, 4.69) is 45.1 Å². The molecule has 0 amide bonds. The molecule has 0 unspecified atom stereocenters. The molecule has 104 valence electrons. The maximum absolute atomic E-state index is 11.7. The van der Waals surface area contributed by atoms with Gasteiger partial charge in [-0.15, -0.1) is 0 Å². The van der Waals surface area contributed by atoms with Crippen molar-refractivity contribution in [1.29, 1.82) is 0 Å². The Labute approximate surface area is 128 Å². The fourth-order valence-corrected chi connectivity index (χ4v) is 2.53. The van der Waals surface area contributed by atoms with Gasteiger partial charge in [-0.2, -0.15) is 0 Å². The summed E-state index contributed by atoms with van der Waals surface area (Å²) in [5, 5.41) is 0. The Morgan fingerprint density at radius 3 is 2.50 bits per heavy atom. The third-order valence-corrected chi connectivity index (χ3v) is 3.82. The van der Waals surface area contributed by atoms with Crippen molar-refractivity contribution in [2.75, 3.05) is 18.5 Å². The molecule has 0 fully saturated rings. The summed E-state index contributed by atoms with van der Waals surface area (Å²) in [6.45, 7) is 2.48. The van der Waals surface area contributed by atoms with Crippen molar-refractivity contribution < 1.29 is 4.79 Å². The topological polar surface area (TPSA) is 20.3 Å². The molecule has 0 aliphatic rings. The number of benzene rings is 2. The Kier molecular flexibility index (Phi) is 4.96. The summed E-state index contributed by atoms with van der Waals surface area (Å²) < 4.78 is 0.990. The lowest BCUT2D eigenvalue weighted by molar-refractivity contribution is 0.101. The molecule has 0 radical (unpaired) electrons. The number of rotatable bonds is 5. The number of hydrogen-bond acceptors (Lipinski definition) is 2. The molecular weight excluding hydrogens is 314 g/mol.